The van der Waals surface area contributed by atoms with E-state index in [-0.39, 0.29) is 31.2 Å². The van der Waals surface area contributed by atoms with Crippen molar-refractivity contribution in [2.45, 2.75) is 31.3 Å². The zero-order valence-corrected chi connectivity index (χ0v) is 10.5. The third kappa shape index (κ3) is 2.72. The number of nitrogens with one attached hydrogen (secondary N) is 2. The molecule has 0 aromatic rings. The van der Waals surface area contributed by atoms with E-state index in [1.165, 1.54) is 0 Å². The summed E-state index contributed by atoms with van der Waals surface area (Å²) in [5.74, 6) is -1.28. The number of urea groups is 2. The molecule has 0 saturated carbocycles. The summed E-state index contributed by atoms with van der Waals surface area (Å²) in [7, 11) is 0. The molecule has 0 aliphatic carbocycles. The number of aliphatic carboxylic acids is 1. The van der Waals surface area contributed by atoms with Crippen LogP contribution in [0.5, 0.6) is 0 Å². The summed E-state index contributed by atoms with van der Waals surface area (Å²) in [4.78, 5) is 35.2. The summed E-state index contributed by atoms with van der Waals surface area (Å²) < 4.78 is 0. The molecule has 5 N–H and O–H groups in total. The molecule has 19 heavy (non-hydrogen) atoms. The van der Waals surface area contributed by atoms with Gasteiger partial charge in [-0.3, -0.25) is 4.79 Å². The SMILES string of the molecule is NC(=O)NCCNC(=O)N1C2CCC1C(C(=O)O)C2. The fraction of sp³-hybridized carbons (Fsp3) is 0.727. The first kappa shape index (κ1) is 13.4. The summed E-state index contributed by atoms with van der Waals surface area (Å²) in [6, 6.07) is -1.08. The smallest absolute Gasteiger partial charge is 0.317 e. The fourth-order valence-corrected chi connectivity index (χ4v) is 3.02. The van der Waals surface area contributed by atoms with E-state index in [4.69, 9.17) is 10.8 Å². The van der Waals surface area contributed by atoms with Crippen molar-refractivity contribution in [3.8, 4) is 0 Å². The molecule has 3 atom stereocenters. The Bertz CT molecular complexity index is 400. The maximum Gasteiger partial charge on any atom is 0.317 e. The molecular weight excluding hydrogens is 252 g/mol. The number of carboxylic acids is 1. The zero-order valence-electron chi connectivity index (χ0n) is 10.5. The van der Waals surface area contributed by atoms with Crippen LogP contribution in [0.2, 0.25) is 0 Å². The fourth-order valence-electron chi connectivity index (χ4n) is 3.02. The van der Waals surface area contributed by atoms with Crippen LogP contribution < -0.4 is 16.4 Å². The minimum absolute atomic E-state index is 0.0233. The Hall–Kier alpha value is -1.99. The predicted octanol–water partition coefficient (Wildman–Crippen LogP) is -0.698. The normalized spacial score (nSPS) is 28.2. The molecule has 2 aliphatic rings. The lowest BCUT2D eigenvalue weighted by Crippen LogP contribution is -2.46. The van der Waals surface area contributed by atoms with E-state index in [2.05, 4.69) is 10.6 Å². The molecule has 106 valence electrons. The van der Waals surface area contributed by atoms with E-state index in [0.717, 1.165) is 12.8 Å². The topological polar surface area (TPSA) is 125 Å². The summed E-state index contributed by atoms with van der Waals surface area (Å²) in [6.07, 6.45) is 2.14. The summed E-state index contributed by atoms with van der Waals surface area (Å²) in [5, 5.41) is 14.1. The van der Waals surface area contributed by atoms with Gasteiger partial charge in [-0.1, -0.05) is 0 Å². The molecule has 0 spiro atoms. The highest BCUT2D eigenvalue weighted by Crippen LogP contribution is 2.41. The first-order valence-electron chi connectivity index (χ1n) is 6.33. The molecule has 0 aromatic carbocycles. The molecule has 0 aromatic heterocycles. The van der Waals surface area contributed by atoms with E-state index < -0.39 is 17.9 Å². The molecule has 2 aliphatic heterocycles. The van der Waals surface area contributed by atoms with Gasteiger partial charge in [0.15, 0.2) is 0 Å². The first-order valence-corrected chi connectivity index (χ1v) is 6.33. The van der Waals surface area contributed by atoms with Crippen molar-refractivity contribution in [3.05, 3.63) is 0 Å². The largest absolute Gasteiger partial charge is 0.481 e. The number of primary amides is 1. The van der Waals surface area contributed by atoms with Crippen LogP contribution in [0, 0.1) is 5.92 Å². The average molecular weight is 270 g/mol. The monoisotopic (exact) mass is 270 g/mol. The third-order valence-corrected chi connectivity index (χ3v) is 3.79. The maximum atomic E-state index is 12.0. The van der Waals surface area contributed by atoms with Crippen molar-refractivity contribution < 1.29 is 19.5 Å². The van der Waals surface area contributed by atoms with Gasteiger partial charge >= 0.3 is 18.0 Å². The van der Waals surface area contributed by atoms with Crippen LogP contribution in [0.15, 0.2) is 0 Å². The second-order valence-electron chi connectivity index (χ2n) is 4.91. The van der Waals surface area contributed by atoms with Gasteiger partial charge in [0.05, 0.1) is 5.92 Å². The summed E-state index contributed by atoms with van der Waals surface area (Å²) in [6.45, 7) is 0.530. The third-order valence-electron chi connectivity index (χ3n) is 3.79. The van der Waals surface area contributed by atoms with Gasteiger partial charge in [-0.05, 0) is 19.3 Å². The van der Waals surface area contributed by atoms with E-state index in [1.807, 2.05) is 0 Å². The molecule has 2 rings (SSSR count). The molecule has 2 bridgehead atoms. The quantitative estimate of drug-likeness (QED) is 0.504. The van der Waals surface area contributed by atoms with Crippen molar-refractivity contribution in [1.29, 1.82) is 0 Å². The van der Waals surface area contributed by atoms with Gasteiger partial charge in [0.2, 0.25) is 0 Å². The van der Waals surface area contributed by atoms with Gasteiger partial charge in [0, 0.05) is 25.2 Å². The minimum atomic E-state index is -0.833. The molecule has 2 fully saturated rings. The molecular formula is C11H18N4O4. The van der Waals surface area contributed by atoms with Gasteiger partial charge in [-0.2, -0.15) is 0 Å². The Labute approximate surface area is 110 Å². The first-order chi connectivity index (χ1) is 9.00. The van der Waals surface area contributed by atoms with Crippen LogP contribution in [0.25, 0.3) is 0 Å². The van der Waals surface area contributed by atoms with Gasteiger partial charge < -0.3 is 26.4 Å². The predicted molar refractivity (Wildman–Crippen MR) is 65.4 cm³/mol. The molecule has 4 amide bonds. The average Bonchev–Trinajstić information content (AvgIpc) is 2.91. The molecule has 8 heteroatoms. The molecule has 8 nitrogen and oxygen atoms in total. The highest BCUT2D eigenvalue weighted by atomic mass is 16.4. The highest BCUT2D eigenvalue weighted by Gasteiger charge is 2.51. The number of amides is 4. The number of nitrogens with zero attached hydrogens (tertiary/aromatic N) is 1. The van der Waals surface area contributed by atoms with Crippen LogP contribution in [0.4, 0.5) is 9.59 Å². The number of hydrogen-bond acceptors (Lipinski definition) is 3. The van der Waals surface area contributed by atoms with Crippen LogP contribution in [0.3, 0.4) is 0 Å². The summed E-state index contributed by atoms with van der Waals surface area (Å²) in [5.41, 5.74) is 4.90. The van der Waals surface area contributed by atoms with Crippen molar-refractivity contribution in [2.24, 2.45) is 11.7 Å². The van der Waals surface area contributed by atoms with Crippen LogP contribution >= 0.6 is 0 Å². The van der Waals surface area contributed by atoms with Gasteiger partial charge in [-0.15, -0.1) is 0 Å². The minimum Gasteiger partial charge on any atom is -0.481 e. The summed E-state index contributed by atoms with van der Waals surface area (Å²) >= 11 is 0. The standard InChI is InChI=1S/C11H18N4O4/c12-10(18)13-3-4-14-11(19)15-6-1-2-8(15)7(5-6)9(16)17/h6-8H,1-5H2,(H,14,19)(H,16,17)(H3,12,13,18). The molecule has 2 saturated heterocycles. The Kier molecular flexibility index (Phi) is 3.77. The molecule has 2 heterocycles. The van der Waals surface area contributed by atoms with E-state index >= 15 is 0 Å². The lowest BCUT2D eigenvalue weighted by Gasteiger charge is -2.23. The zero-order chi connectivity index (χ0) is 14.0. The number of rotatable bonds is 4. The second kappa shape index (κ2) is 5.33. The lowest BCUT2D eigenvalue weighted by molar-refractivity contribution is -0.142. The van der Waals surface area contributed by atoms with Crippen molar-refractivity contribution in [1.82, 2.24) is 15.5 Å². The molecule has 0 radical (unpaired) electrons. The van der Waals surface area contributed by atoms with Gasteiger partial charge in [0.1, 0.15) is 0 Å². The number of nitrogens with two attached hydrogens (primary N) is 1. The number of carbonyl (C=O) groups excluding carboxylic acids is 2. The maximum absolute atomic E-state index is 12.0. The van der Waals surface area contributed by atoms with Gasteiger partial charge in [-0.25, -0.2) is 9.59 Å². The second-order valence-corrected chi connectivity index (χ2v) is 4.91. The number of carboxylic acid groups (broad SMARTS) is 1. The van der Waals surface area contributed by atoms with Gasteiger partial charge in [0.25, 0.3) is 0 Å². The van der Waals surface area contributed by atoms with Crippen LogP contribution in [-0.4, -0.2) is 53.2 Å². The van der Waals surface area contributed by atoms with Crippen molar-refractivity contribution >= 4 is 18.0 Å². The van der Waals surface area contributed by atoms with Crippen molar-refractivity contribution in [3.63, 3.8) is 0 Å². The number of fused-ring (bicyclic) bond motifs is 2. The Morgan fingerprint density at radius 3 is 2.47 bits per heavy atom. The van der Waals surface area contributed by atoms with E-state index in [1.54, 1.807) is 4.90 Å². The highest BCUT2D eigenvalue weighted by molar-refractivity contribution is 5.79. The lowest BCUT2D eigenvalue weighted by atomic mass is 9.89. The van der Waals surface area contributed by atoms with E-state index in [9.17, 15) is 14.4 Å². The Balaban J connectivity index is 1.83. The molecule has 3 unspecified atom stereocenters. The number of hydrogen-bond donors (Lipinski definition) is 4. The van der Waals surface area contributed by atoms with Crippen molar-refractivity contribution in [2.75, 3.05) is 13.1 Å². The number of carbonyl (C=O) groups is 3. The van der Waals surface area contributed by atoms with Crippen LogP contribution in [0.1, 0.15) is 19.3 Å². The Morgan fingerprint density at radius 2 is 1.89 bits per heavy atom. The van der Waals surface area contributed by atoms with Crippen LogP contribution in [-0.2, 0) is 4.79 Å². The Morgan fingerprint density at radius 1 is 1.21 bits per heavy atom. The van der Waals surface area contributed by atoms with E-state index in [0.29, 0.717) is 6.42 Å².